The van der Waals surface area contributed by atoms with E-state index in [4.69, 9.17) is 9.15 Å². The summed E-state index contributed by atoms with van der Waals surface area (Å²) < 4.78 is 51.2. The van der Waals surface area contributed by atoms with Crippen molar-refractivity contribution >= 4 is 21.8 Å². The molecule has 0 bridgehead atoms. The summed E-state index contributed by atoms with van der Waals surface area (Å²) in [4.78, 5) is 12.4. The average molecular weight is 447 g/mol. The number of amides is 1. The molecule has 2 aromatic rings. The second-order valence-electron chi connectivity index (χ2n) is 5.79. The molecule has 6 nitrogen and oxygen atoms in total. The van der Waals surface area contributed by atoms with E-state index in [1.165, 1.54) is 19.1 Å². The fourth-order valence-electron chi connectivity index (χ4n) is 2.47. The van der Waals surface area contributed by atoms with Gasteiger partial charge in [-0.25, -0.2) is 5.01 Å². The van der Waals surface area contributed by atoms with E-state index >= 15 is 0 Å². The predicted molar refractivity (Wildman–Crippen MR) is 91.2 cm³/mol. The number of hydrogen-bond donors (Lipinski definition) is 2. The third-order valence-electron chi connectivity index (χ3n) is 3.75. The Morgan fingerprint density at radius 2 is 2.04 bits per heavy atom. The topological polar surface area (TPSA) is 74.9 Å². The van der Waals surface area contributed by atoms with E-state index in [2.05, 4.69) is 21.4 Å². The largest absolute Gasteiger partial charge is 0.484 e. The van der Waals surface area contributed by atoms with Gasteiger partial charge in [-0.2, -0.15) is 13.2 Å². The summed E-state index contributed by atoms with van der Waals surface area (Å²) in [5.74, 6) is -0.781. The van der Waals surface area contributed by atoms with Crippen LogP contribution in [0.4, 0.5) is 13.2 Å². The summed E-state index contributed by atoms with van der Waals surface area (Å²) in [6, 6.07) is 9.69. The molecule has 1 aliphatic heterocycles. The van der Waals surface area contributed by atoms with E-state index in [1.54, 1.807) is 18.2 Å². The number of para-hydroxylation sites is 1. The van der Waals surface area contributed by atoms with Gasteiger partial charge in [0.05, 0.1) is 4.47 Å². The zero-order chi connectivity index (χ0) is 19.8. The minimum atomic E-state index is -5.09. The van der Waals surface area contributed by atoms with Crippen LogP contribution in [0.2, 0.25) is 0 Å². The number of nitrogens with one attached hydrogen (secondary N) is 1. The van der Waals surface area contributed by atoms with E-state index in [0.717, 1.165) is 0 Å². The maximum absolute atomic E-state index is 13.2. The van der Waals surface area contributed by atoms with Crippen LogP contribution in [-0.4, -0.2) is 27.9 Å². The van der Waals surface area contributed by atoms with Crippen molar-refractivity contribution in [1.29, 1.82) is 0 Å². The number of carbonyl (C=O) groups excluding carboxylic acids is 1. The highest BCUT2D eigenvalue weighted by molar-refractivity contribution is 9.10. The van der Waals surface area contributed by atoms with Crippen molar-refractivity contribution in [1.82, 2.24) is 10.4 Å². The van der Waals surface area contributed by atoms with Gasteiger partial charge in [-0.15, -0.1) is 0 Å². The smallest absolute Gasteiger partial charge is 0.442 e. The molecule has 0 fully saturated rings. The molecule has 0 aliphatic carbocycles. The van der Waals surface area contributed by atoms with Gasteiger partial charge in [0.15, 0.2) is 5.76 Å². The van der Waals surface area contributed by atoms with E-state index < -0.39 is 17.8 Å². The van der Waals surface area contributed by atoms with Crippen molar-refractivity contribution in [3.8, 4) is 5.75 Å². The van der Waals surface area contributed by atoms with Crippen LogP contribution in [0.3, 0.4) is 0 Å². The Morgan fingerprint density at radius 1 is 1.33 bits per heavy atom. The van der Waals surface area contributed by atoms with Gasteiger partial charge >= 0.3 is 12.1 Å². The molecule has 144 valence electrons. The first kappa shape index (κ1) is 19.3. The van der Waals surface area contributed by atoms with Gasteiger partial charge in [0.25, 0.3) is 5.72 Å². The number of hydrazine groups is 1. The summed E-state index contributed by atoms with van der Waals surface area (Å²) in [6.45, 7) is 1.26. The molecule has 0 saturated heterocycles. The van der Waals surface area contributed by atoms with Gasteiger partial charge in [-0.05, 0) is 53.2 Å². The van der Waals surface area contributed by atoms with Gasteiger partial charge in [0.2, 0.25) is 0 Å². The summed E-state index contributed by atoms with van der Waals surface area (Å²) in [7, 11) is 0. The SMILES string of the molecule is CC1=CC(O)(C(F)(F)F)N(C(=O)c2ccc(COc3ccccc3Br)o2)N1. The Bertz CT molecular complexity index is 896. The molecule has 0 radical (unpaired) electrons. The van der Waals surface area contributed by atoms with Gasteiger partial charge < -0.3 is 14.3 Å². The number of alkyl halides is 3. The molecule has 1 aromatic heterocycles. The minimum absolute atomic E-state index is 0.0211. The van der Waals surface area contributed by atoms with Crippen molar-refractivity contribution in [2.75, 3.05) is 0 Å². The third-order valence-corrected chi connectivity index (χ3v) is 4.40. The Labute approximate surface area is 160 Å². The van der Waals surface area contributed by atoms with Crippen LogP contribution in [0.5, 0.6) is 5.75 Å². The molecule has 1 unspecified atom stereocenters. The zero-order valence-corrected chi connectivity index (χ0v) is 15.5. The lowest BCUT2D eigenvalue weighted by molar-refractivity contribution is -0.283. The maximum Gasteiger partial charge on any atom is 0.442 e. The quantitative estimate of drug-likeness (QED) is 0.748. The Kier molecular flexibility index (Phi) is 4.96. The number of halogens is 4. The number of rotatable bonds is 4. The van der Waals surface area contributed by atoms with Crippen molar-refractivity contribution < 1.29 is 32.2 Å². The highest BCUT2D eigenvalue weighted by Gasteiger charge is 2.61. The summed E-state index contributed by atoms with van der Waals surface area (Å²) in [6.07, 6.45) is -4.57. The number of carbonyl (C=O) groups is 1. The number of hydrogen-bond acceptors (Lipinski definition) is 5. The van der Waals surface area contributed by atoms with Crippen molar-refractivity contribution in [2.45, 2.75) is 25.4 Å². The average Bonchev–Trinajstić information content (AvgIpc) is 3.18. The number of allylic oxidation sites excluding steroid dienone is 1. The van der Waals surface area contributed by atoms with Crippen molar-refractivity contribution in [3.05, 3.63) is 64.2 Å². The number of furan rings is 1. The predicted octanol–water partition coefficient (Wildman–Crippen LogP) is 3.74. The van der Waals surface area contributed by atoms with E-state index in [1.807, 2.05) is 6.07 Å². The molecule has 0 saturated carbocycles. The first-order valence-corrected chi connectivity index (χ1v) is 8.47. The molecule has 1 atom stereocenters. The number of nitrogens with zero attached hydrogens (tertiary/aromatic N) is 1. The molecule has 2 N–H and O–H groups in total. The van der Waals surface area contributed by atoms with Crippen LogP contribution in [0, 0.1) is 0 Å². The van der Waals surface area contributed by atoms with Crippen molar-refractivity contribution in [3.63, 3.8) is 0 Å². The number of ether oxygens (including phenoxy) is 1. The monoisotopic (exact) mass is 446 g/mol. The van der Waals surface area contributed by atoms with Gasteiger partial charge in [-0.3, -0.25) is 10.2 Å². The van der Waals surface area contributed by atoms with E-state index in [9.17, 15) is 23.1 Å². The Morgan fingerprint density at radius 3 is 2.70 bits per heavy atom. The highest BCUT2D eigenvalue weighted by atomic mass is 79.9. The molecule has 2 heterocycles. The van der Waals surface area contributed by atoms with Crippen LogP contribution >= 0.6 is 15.9 Å². The standard InChI is InChI=1S/C17H14BrF3N2O4/c1-10-8-16(25,17(19,20)21)23(22-10)15(24)14-7-6-11(27-14)9-26-13-5-3-2-4-12(13)18/h2-8,22,25H,9H2,1H3. The second-order valence-corrected chi connectivity index (χ2v) is 6.64. The number of aliphatic hydroxyl groups is 1. The number of benzene rings is 1. The van der Waals surface area contributed by atoms with Crippen LogP contribution < -0.4 is 10.2 Å². The minimum Gasteiger partial charge on any atom is -0.484 e. The molecule has 1 aromatic carbocycles. The Balaban J connectivity index is 1.74. The summed E-state index contributed by atoms with van der Waals surface area (Å²) >= 11 is 3.31. The van der Waals surface area contributed by atoms with Crippen LogP contribution in [0.25, 0.3) is 0 Å². The van der Waals surface area contributed by atoms with Crippen LogP contribution in [-0.2, 0) is 6.61 Å². The molecule has 3 rings (SSSR count). The van der Waals surface area contributed by atoms with Gasteiger partial charge in [0.1, 0.15) is 18.1 Å². The highest BCUT2D eigenvalue weighted by Crippen LogP contribution is 2.38. The molecule has 1 aliphatic rings. The normalized spacial score (nSPS) is 19.6. The van der Waals surface area contributed by atoms with Gasteiger partial charge in [-0.1, -0.05) is 12.1 Å². The fourth-order valence-corrected chi connectivity index (χ4v) is 2.87. The van der Waals surface area contributed by atoms with Crippen LogP contribution in [0.1, 0.15) is 23.2 Å². The van der Waals surface area contributed by atoms with Crippen LogP contribution in [0.15, 0.2) is 57.1 Å². The van der Waals surface area contributed by atoms with Gasteiger partial charge in [0, 0.05) is 5.70 Å². The lowest BCUT2D eigenvalue weighted by Gasteiger charge is -2.33. The lowest BCUT2D eigenvalue weighted by Crippen LogP contribution is -2.60. The first-order chi connectivity index (χ1) is 12.6. The summed E-state index contributed by atoms with van der Waals surface area (Å²) in [5, 5.41) is 10.0. The maximum atomic E-state index is 13.2. The second kappa shape index (κ2) is 6.93. The molecular formula is C17H14BrF3N2O4. The van der Waals surface area contributed by atoms with E-state index in [-0.39, 0.29) is 28.8 Å². The molecular weight excluding hydrogens is 433 g/mol. The third kappa shape index (κ3) is 3.67. The molecule has 27 heavy (non-hydrogen) atoms. The Hall–Kier alpha value is -2.46. The molecule has 1 amide bonds. The lowest BCUT2D eigenvalue weighted by atomic mass is 10.2. The zero-order valence-electron chi connectivity index (χ0n) is 13.9. The summed E-state index contributed by atoms with van der Waals surface area (Å²) in [5.41, 5.74) is -1.29. The first-order valence-electron chi connectivity index (χ1n) is 7.67. The van der Waals surface area contributed by atoms with E-state index in [0.29, 0.717) is 16.3 Å². The fraction of sp³-hybridized carbons (Fsp3) is 0.235. The van der Waals surface area contributed by atoms with Crippen molar-refractivity contribution in [2.24, 2.45) is 0 Å². The molecule has 0 spiro atoms. The molecule has 10 heteroatoms.